The predicted octanol–water partition coefficient (Wildman–Crippen LogP) is 2.08. The van der Waals surface area contributed by atoms with E-state index in [0.717, 1.165) is 28.4 Å². The summed E-state index contributed by atoms with van der Waals surface area (Å²) in [5, 5.41) is 16.1. The molecule has 0 unspecified atom stereocenters. The summed E-state index contributed by atoms with van der Waals surface area (Å²) in [7, 11) is 0. The van der Waals surface area contributed by atoms with E-state index in [1.165, 1.54) is 6.33 Å². The molecule has 1 aliphatic rings. The molecule has 5 rings (SSSR count). The molecule has 0 spiro atoms. The molecular formula is C17H14N10. The number of fused-ring (bicyclic) bond motifs is 1. The van der Waals surface area contributed by atoms with Gasteiger partial charge in [-0.2, -0.15) is 15.3 Å². The van der Waals surface area contributed by atoms with Gasteiger partial charge in [-0.3, -0.25) is 14.9 Å². The van der Waals surface area contributed by atoms with E-state index in [2.05, 4.69) is 41.0 Å². The second-order valence-corrected chi connectivity index (χ2v) is 5.71. The number of H-pyrrole nitrogens is 1. The van der Waals surface area contributed by atoms with Gasteiger partial charge in [-0.25, -0.2) is 15.0 Å². The molecule has 4 aromatic heterocycles. The Labute approximate surface area is 153 Å². The molecule has 0 aromatic carbocycles. The van der Waals surface area contributed by atoms with Crippen LogP contribution in [0.1, 0.15) is 0 Å². The maximum absolute atomic E-state index is 4.63. The molecule has 132 valence electrons. The Balaban J connectivity index is 1.67. The summed E-state index contributed by atoms with van der Waals surface area (Å²) in [5.74, 6) is 2.22. The van der Waals surface area contributed by atoms with Crippen LogP contribution in [0.25, 0.3) is 16.8 Å². The summed E-state index contributed by atoms with van der Waals surface area (Å²) in [4.78, 5) is 12.9. The van der Waals surface area contributed by atoms with Crippen molar-refractivity contribution in [1.29, 1.82) is 0 Å². The first-order valence-corrected chi connectivity index (χ1v) is 8.18. The number of nitrogens with zero attached hydrogens (tertiary/aromatic N) is 7. The lowest BCUT2D eigenvalue weighted by molar-refractivity contribution is 0.752. The molecule has 4 aromatic rings. The van der Waals surface area contributed by atoms with Crippen LogP contribution in [0, 0.1) is 0 Å². The van der Waals surface area contributed by atoms with Gasteiger partial charge in [0.05, 0.1) is 18.6 Å². The van der Waals surface area contributed by atoms with Crippen LogP contribution in [-0.4, -0.2) is 35.8 Å². The quantitative estimate of drug-likeness (QED) is 0.512. The summed E-state index contributed by atoms with van der Waals surface area (Å²) < 4.78 is 1.95. The molecule has 0 saturated heterocycles. The highest BCUT2D eigenvalue weighted by Gasteiger charge is 2.18. The highest BCUT2D eigenvalue weighted by atomic mass is 15.7. The molecule has 0 radical (unpaired) electrons. The van der Waals surface area contributed by atoms with Gasteiger partial charge < -0.3 is 5.32 Å². The molecule has 0 aliphatic carbocycles. The molecule has 27 heavy (non-hydrogen) atoms. The number of allylic oxidation sites excluding steroid dienone is 1. The molecule has 1 aliphatic heterocycles. The number of hydrogen-bond acceptors (Lipinski definition) is 8. The summed E-state index contributed by atoms with van der Waals surface area (Å²) in [6, 6.07) is 5.75. The molecule has 10 heteroatoms. The first kappa shape index (κ1) is 15.1. The third-order valence-electron chi connectivity index (χ3n) is 4.00. The predicted molar refractivity (Wildman–Crippen MR) is 101 cm³/mol. The lowest BCUT2D eigenvalue weighted by Gasteiger charge is -2.23. The molecule has 5 heterocycles. The van der Waals surface area contributed by atoms with Crippen LogP contribution in [0.4, 0.5) is 17.5 Å². The Morgan fingerprint density at radius 1 is 1.07 bits per heavy atom. The number of hydrazine groups is 1. The summed E-state index contributed by atoms with van der Waals surface area (Å²) in [6.07, 6.45) is 13.9. The molecule has 0 amide bonds. The van der Waals surface area contributed by atoms with Crippen molar-refractivity contribution in [2.24, 2.45) is 5.10 Å². The number of hydrogen-bond donors (Lipinski definition) is 3. The number of imidazole rings is 1. The van der Waals surface area contributed by atoms with Crippen molar-refractivity contribution in [3.05, 3.63) is 61.6 Å². The largest absolute Gasteiger partial charge is 0.324 e. The lowest BCUT2D eigenvalue weighted by Crippen LogP contribution is -2.32. The number of aromatic amines is 1. The Bertz CT molecular complexity index is 1130. The first-order chi connectivity index (χ1) is 13.4. The topological polar surface area (TPSA) is 111 Å². The molecule has 0 saturated carbocycles. The average Bonchev–Trinajstić information content (AvgIpc) is 3.38. The third-order valence-corrected chi connectivity index (χ3v) is 4.00. The number of rotatable bonds is 4. The third kappa shape index (κ3) is 2.74. The lowest BCUT2D eigenvalue weighted by atomic mass is 10.1. The number of hydrazone groups is 1. The first-order valence-electron chi connectivity index (χ1n) is 8.18. The molecule has 3 N–H and O–H groups in total. The van der Waals surface area contributed by atoms with Crippen molar-refractivity contribution in [2.45, 2.75) is 0 Å². The van der Waals surface area contributed by atoms with Crippen LogP contribution < -0.4 is 15.9 Å². The summed E-state index contributed by atoms with van der Waals surface area (Å²) in [5.41, 5.74) is 5.67. The maximum atomic E-state index is 4.63. The van der Waals surface area contributed by atoms with Crippen LogP contribution in [0.15, 0.2) is 66.7 Å². The van der Waals surface area contributed by atoms with Gasteiger partial charge in [-0.05, 0) is 18.2 Å². The number of anilines is 3. The minimum atomic E-state index is 0.679. The maximum Gasteiger partial charge on any atom is 0.166 e. The Kier molecular flexibility index (Phi) is 3.50. The highest BCUT2D eigenvalue weighted by molar-refractivity contribution is 5.81. The molecule has 0 fully saturated rings. The fourth-order valence-electron chi connectivity index (χ4n) is 2.86. The summed E-state index contributed by atoms with van der Waals surface area (Å²) >= 11 is 0. The average molecular weight is 358 g/mol. The SMILES string of the molecule is C1=CNN(c2c(-c3cncnc3)ccc3nc(Nc4ccn[nH]4)cn23)N=C1. The fraction of sp³-hybridized carbons (Fsp3) is 0. The van der Waals surface area contributed by atoms with E-state index in [1.807, 2.05) is 34.9 Å². The van der Waals surface area contributed by atoms with Gasteiger partial charge >= 0.3 is 0 Å². The zero-order valence-electron chi connectivity index (χ0n) is 14.0. The van der Waals surface area contributed by atoms with E-state index in [0.29, 0.717) is 5.82 Å². The zero-order chi connectivity index (χ0) is 18.1. The van der Waals surface area contributed by atoms with Crippen LogP contribution in [0.2, 0.25) is 0 Å². The van der Waals surface area contributed by atoms with Gasteiger partial charge in [-0.15, -0.1) is 0 Å². The van der Waals surface area contributed by atoms with E-state index < -0.39 is 0 Å². The normalized spacial score (nSPS) is 13.1. The van der Waals surface area contributed by atoms with Crippen molar-refractivity contribution in [1.82, 2.24) is 35.0 Å². The number of nitrogens with one attached hydrogen (secondary N) is 3. The molecule has 10 nitrogen and oxygen atoms in total. The van der Waals surface area contributed by atoms with Gasteiger partial charge in [0.1, 0.15) is 17.8 Å². The van der Waals surface area contributed by atoms with E-state index in [9.17, 15) is 0 Å². The van der Waals surface area contributed by atoms with Crippen molar-refractivity contribution in [3.8, 4) is 11.1 Å². The Morgan fingerprint density at radius 3 is 2.78 bits per heavy atom. The van der Waals surface area contributed by atoms with E-state index in [4.69, 9.17) is 0 Å². The Hall–Kier alpha value is -4.21. The van der Waals surface area contributed by atoms with Gasteiger partial charge in [-0.1, -0.05) is 0 Å². The van der Waals surface area contributed by atoms with Crippen molar-refractivity contribution in [3.63, 3.8) is 0 Å². The van der Waals surface area contributed by atoms with Crippen molar-refractivity contribution in [2.75, 3.05) is 10.4 Å². The minimum Gasteiger partial charge on any atom is -0.324 e. The van der Waals surface area contributed by atoms with E-state index in [1.54, 1.807) is 36.1 Å². The second kappa shape index (κ2) is 6.26. The smallest absolute Gasteiger partial charge is 0.166 e. The molecular weight excluding hydrogens is 344 g/mol. The van der Waals surface area contributed by atoms with Crippen LogP contribution in [0.5, 0.6) is 0 Å². The van der Waals surface area contributed by atoms with Crippen LogP contribution in [0.3, 0.4) is 0 Å². The number of pyridine rings is 1. The molecule has 0 atom stereocenters. The van der Waals surface area contributed by atoms with Gasteiger partial charge in [0.2, 0.25) is 0 Å². The van der Waals surface area contributed by atoms with Gasteiger partial charge in [0.15, 0.2) is 11.6 Å². The minimum absolute atomic E-state index is 0.679. The van der Waals surface area contributed by atoms with Crippen molar-refractivity contribution >= 4 is 29.3 Å². The van der Waals surface area contributed by atoms with Gasteiger partial charge in [0, 0.05) is 35.8 Å². The Morgan fingerprint density at radius 2 is 2.00 bits per heavy atom. The standard InChI is InChI=1S/C17H14N10/c1-5-21-27(22-6-1)17-13(12-8-18-11-19-9-12)2-3-16-24-15(10-26(16)17)23-14-4-7-20-25-14/h1-11,21H,(H2,20,23,25). The van der Waals surface area contributed by atoms with Crippen LogP contribution in [-0.2, 0) is 0 Å². The fourth-order valence-corrected chi connectivity index (χ4v) is 2.86. The van der Waals surface area contributed by atoms with Crippen molar-refractivity contribution < 1.29 is 0 Å². The molecule has 0 bridgehead atoms. The van der Waals surface area contributed by atoms with E-state index in [-0.39, 0.29) is 0 Å². The second-order valence-electron chi connectivity index (χ2n) is 5.71. The monoisotopic (exact) mass is 358 g/mol. The number of aromatic nitrogens is 6. The highest BCUT2D eigenvalue weighted by Crippen LogP contribution is 2.32. The van der Waals surface area contributed by atoms with E-state index >= 15 is 0 Å². The van der Waals surface area contributed by atoms with Crippen LogP contribution >= 0.6 is 0 Å². The van der Waals surface area contributed by atoms with Gasteiger partial charge in [0.25, 0.3) is 0 Å². The zero-order valence-corrected chi connectivity index (χ0v) is 14.0. The summed E-state index contributed by atoms with van der Waals surface area (Å²) in [6.45, 7) is 0.